The number of carboxylic acid groups (broad SMARTS) is 2. The second kappa shape index (κ2) is 8.21. The summed E-state index contributed by atoms with van der Waals surface area (Å²) in [7, 11) is 0. The van der Waals surface area contributed by atoms with Crippen molar-refractivity contribution in [2.24, 2.45) is 5.92 Å². The van der Waals surface area contributed by atoms with Crippen molar-refractivity contribution in [2.45, 2.75) is 39.0 Å². The standard InChI is InChI=1S/C11H16O7/c1-7(12)18-11(17)4-2-3-8(5-9(13)14)6-10(15)16/h8H,2-6H2,1H3,(H,13,14)(H,15,16). The molecule has 7 heteroatoms. The summed E-state index contributed by atoms with van der Waals surface area (Å²) in [5, 5.41) is 17.2. The summed E-state index contributed by atoms with van der Waals surface area (Å²) in [4.78, 5) is 42.5. The van der Waals surface area contributed by atoms with E-state index in [4.69, 9.17) is 10.2 Å². The van der Waals surface area contributed by atoms with Crippen LogP contribution in [0.3, 0.4) is 0 Å². The molecule has 0 radical (unpaired) electrons. The summed E-state index contributed by atoms with van der Waals surface area (Å²) in [6, 6.07) is 0. The zero-order valence-electron chi connectivity index (χ0n) is 10.0. The van der Waals surface area contributed by atoms with Gasteiger partial charge in [-0.3, -0.25) is 19.2 Å². The first-order chi connectivity index (χ1) is 8.31. The van der Waals surface area contributed by atoms with Crippen molar-refractivity contribution in [2.75, 3.05) is 0 Å². The molecule has 0 spiro atoms. The Hall–Kier alpha value is -1.92. The lowest BCUT2D eigenvalue weighted by Gasteiger charge is -2.11. The van der Waals surface area contributed by atoms with Crippen LogP contribution in [0.1, 0.15) is 39.0 Å². The van der Waals surface area contributed by atoms with E-state index in [9.17, 15) is 19.2 Å². The molecule has 0 aromatic heterocycles. The second-order valence-electron chi connectivity index (χ2n) is 3.92. The molecule has 0 heterocycles. The predicted molar refractivity (Wildman–Crippen MR) is 58.6 cm³/mol. The van der Waals surface area contributed by atoms with Gasteiger partial charge in [0.05, 0.1) is 0 Å². The Morgan fingerprint density at radius 1 is 1.06 bits per heavy atom. The molecule has 0 fully saturated rings. The number of carbonyl (C=O) groups excluding carboxylic acids is 2. The molecular formula is C11H16O7. The van der Waals surface area contributed by atoms with Gasteiger partial charge in [-0.1, -0.05) is 0 Å². The summed E-state index contributed by atoms with van der Waals surface area (Å²) in [6.45, 7) is 1.11. The van der Waals surface area contributed by atoms with Crippen molar-refractivity contribution in [1.82, 2.24) is 0 Å². The Morgan fingerprint density at radius 3 is 1.94 bits per heavy atom. The third kappa shape index (κ3) is 9.32. The molecule has 2 N–H and O–H groups in total. The number of ether oxygens (including phenoxy) is 1. The first-order valence-corrected chi connectivity index (χ1v) is 5.46. The fourth-order valence-electron chi connectivity index (χ4n) is 1.52. The van der Waals surface area contributed by atoms with Crippen molar-refractivity contribution in [3.63, 3.8) is 0 Å². The van der Waals surface area contributed by atoms with Crippen LogP contribution in [0.5, 0.6) is 0 Å². The van der Waals surface area contributed by atoms with Crippen LogP contribution in [0.2, 0.25) is 0 Å². The molecule has 0 aromatic rings. The van der Waals surface area contributed by atoms with Gasteiger partial charge >= 0.3 is 23.9 Å². The van der Waals surface area contributed by atoms with Crippen LogP contribution >= 0.6 is 0 Å². The summed E-state index contributed by atoms with van der Waals surface area (Å²) in [5.74, 6) is -4.07. The Bertz CT molecular complexity index is 318. The minimum absolute atomic E-state index is 0.0324. The third-order valence-electron chi connectivity index (χ3n) is 2.18. The van der Waals surface area contributed by atoms with E-state index in [0.29, 0.717) is 0 Å². The average Bonchev–Trinajstić information content (AvgIpc) is 2.13. The molecule has 0 saturated heterocycles. The number of esters is 2. The van der Waals surface area contributed by atoms with E-state index in [0.717, 1.165) is 6.92 Å². The molecule has 0 atom stereocenters. The highest BCUT2D eigenvalue weighted by atomic mass is 16.6. The van der Waals surface area contributed by atoms with Crippen LogP contribution in [0.25, 0.3) is 0 Å². The van der Waals surface area contributed by atoms with Gasteiger partial charge in [0.15, 0.2) is 0 Å². The molecule has 0 unspecified atom stereocenters. The number of carbonyl (C=O) groups is 4. The smallest absolute Gasteiger partial charge is 0.313 e. The molecule has 0 aliphatic heterocycles. The van der Waals surface area contributed by atoms with Crippen molar-refractivity contribution in [3.8, 4) is 0 Å². The van der Waals surface area contributed by atoms with Gasteiger partial charge in [-0.05, 0) is 18.8 Å². The topological polar surface area (TPSA) is 118 Å². The van der Waals surface area contributed by atoms with E-state index < -0.39 is 29.8 Å². The molecule has 0 rings (SSSR count). The van der Waals surface area contributed by atoms with Crippen molar-refractivity contribution in [1.29, 1.82) is 0 Å². The normalized spacial score (nSPS) is 10.1. The fraction of sp³-hybridized carbons (Fsp3) is 0.636. The summed E-state index contributed by atoms with van der Waals surface area (Å²) < 4.78 is 4.28. The van der Waals surface area contributed by atoms with Crippen LogP contribution in [-0.4, -0.2) is 34.1 Å². The molecular weight excluding hydrogens is 244 g/mol. The first-order valence-electron chi connectivity index (χ1n) is 5.46. The van der Waals surface area contributed by atoms with Crippen LogP contribution < -0.4 is 0 Å². The zero-order chi connectivity index (χ0) is 14.1. The van der Waals surface area contributed by atoms with Crippen LogP contribution in [0.4, 0.5) is 0 Å². The minimum Gasteiger partial charge on any atom is -0.481 e. The lowest BCUT2D eigenvalue weighted by Crippen LogP contribution is -2.14. The predicted octanol–water partition coefficient (Wildman–Crippen LogP) is 0.812. The molecule has 0 aliphatic carbocycles. The maximum atomic E-state index is 11.0. The Morgan fingerprint density at radius 2 is 1.56 bits per heavy atom. The highest BCUT2D eigenvalue weighted by Gasteiger charge is 2.17. The first kappa shape index (κ1) is 16.1. The number of hydrogen-bond donors (Lipinski definition) is 2. The maximum Gasteiger partial charge on any atom is 0.313 e. The summed E-state index contributed by atoms with van der Waals surface area (Å²) in [5.41, 5.74) is 0. The van der Waals surface area contributed by atoms with Gasteiger partial charge < -0.3 is 14.9 Å². The highest BCUT2D eigenvalue weighted by Crippen LogP contribution is 2.17. The van der Waals surface area contributed by atoms with Crippen molar-refractivity contribution >= 4 is 23.9 Å². The van der Waals surface area contributed by atoms with Gasteiger partial charge in [0.25, 0.3) is 0 Å². The Balaban J connectivity index is 4.02. The van der Waals surface area contributed by atoms with E-state index >= 15 is 0 Å². The summed E-state index contributed by atoms with van der Waals surface area (Å²) in [6.07, 6.45) is 0.0281. The minimum atomic E-state index is -1.08. The van der Waals surface area contributed by atoms with E-state index in [1.54, 1.807) is 0 Å². The average molecular weight is 260 g/mol. The molecule has 18 heavy (non-hydrogen) atoms. The van der Waals surface area contributed by atoms with Gasteiger partial charge in [-0.15, -0.1) is 0 Å². The van der Waals surface area contributed by atoms with Gasteiger partial charge in [0.2, 0.25) is 0 Å². The molecule has 0 bridgehead atoms. The van der Waals surface area contributed by atoms with Crippen LogP contribution in [-0.2, 0) is 23.9 Å². The van der Waals surface area contributed by atoms with Crippen LogP contribution in [0, 0.1) is 5.92 Å². The summed E-state index contributed by atoms with van der Waals surface area (Å²) >= 11 is 0. The van der Waals surface area contributed by atoms with Gasteiger partial charge in [-0.2, -0.15) is 0 Å². The van der Waals surface area contributed by atoms with Crippen molar-refractivity contribution < 1.29 is 34.1 Å². The lowest BCUT2D eigenvalue weighted by molar-refractivity contribution is -0.158. The number of aliphatic carboxylic acids is 2. The number of rotatable bonds is 8. The van der Waals surface area contributed by atoms with Gasteiger partial charge in [0, 0.05) is 26.2 Å². The SMILES string of the molecule is CC(=O)OC(=O)CCCC(CC(=O)O)CC(=O)O. The fourth-order valence-corrected chi connectivity index (χ4v) is 1.52. The quantitative estimate of drug-likeness (QED) is 0.489. The Kier molecular flexibility index (Phi) is 7.34. The Labute approximate surface area is 104 Å². The van der Waals surface area contributed by atoms with Crippen LogP contribution in [0.15, 0.2) is 0 Å². The van der Waals surface area contributed by atoms with Gasteiger partial charge in [0.1, 0.15) is 0 Å². The van der Waals surface area contributed by atoms with E-state index in [1.807, 2.05) is 0 Å². The van der Waals surface area contributed by atoms with Crippen molar-refractivity contribution in [3.05, 3.63) is 0 Å². The molecule has 7 nitrogen and oxygen atoms in total. The highest BCUT2D eigenvalue weighted by molar-refractivity contribution is 5.83. The largest absolute Gasteiger partial charge is 0.481 e. The number of hydrogen-bond acceptors (Lipinski definition) is 5. The molecule has 0 aliphatic rings. The second-order valence-corrected chi connectivity index (χ2v) is 3.92. The molecule has 0 amide bonds. The van der Waals surface area contributed by atoms with E-state index in [-0.39, 0.29) is 32.1 Å². The van der Waals surface area contributed by atoms with Gasteiger partial charge in [-0.25, -0.2) is 0 Å². The molecule has 0 aromatic carbocycles. The maximum absolute atomic E-state index is 11.0. The zero-order valence-corrected chi connectivity index (χ0v) is 10.0. The van der Waals surface area contributed by atoms with E-state index in [2.05, 4.69) is 4.74 Å². The molecule has 0 saturated carbocycles. The lowest BCUT2D eigenvalue weighted by atomic mass is 9.95. The monoisotopic (exact) mass is 260 g/mol. The van der Waals surface area contributed by atoms with E-state index in [1.165, 1.54) is 0 Å². The number of carboxylic acids is 2. The third-order valence-corrected chi connectivity index (χ3v) is 2.18. The molecule has 102 valence electrons.